The topological polar surface area (TPSA) is 49.7 Å². The molecule has 0 rings (SSSR count). The van der Waals surface area contributed by atoms with Crippen LogP contribution in [0, 0.1) is 0 Å². The molecule has 9 heavy (non-hydrogen) atoms. The Morgan fingerprint density at radius 1 is 1.44 bits per heavy atom. The number of hydrogen-bond donors (Lipinski definition) is 2. The van der Waals surface area contributed by atoms with E-state index in [0.717, 1.165) is 0 Å². The SMILES string of the molecule is CCOP(O)(O)=S.Cl.Cl. The summed E-state index contributed by atoms with van der Waals surface area (Å²) in [5.41, 5.74) is 0. The Balaban J connectivity index is -0.000000180. The van der Waals surface area contributed by atoms with E-state index < -0.39 is 6.72 Å². The van der Waals surface area contributed by atoms with Gasteiger partial charge in [0.05, 0.1) is 6.61 Å². The highest BCUT2D eigenvalue weighted by atomic mass is 35.5. The minimum atomic E-state index is -3.33. The van der Waals surface area contributed by atoms with Gasteiger partial charge in [0, 0.05) is 0 Å². The highest BCUT2D eigenvalue weighted by Crippen LogP contribution is 2.35. The molecule has 0 atom stereocenters. The molecular weight excluding hydrogens is 206 g/mol. The standard InChI is InChI=1S/C2H7O3PS.2ClH/c1-2-5-6(3,4)7;;/h2H2,1H3,(H2,3,4,7);2*1H. The van der Waals surface area contributed by atoms with Gasteiger partial charge in [0.15, 0.2) is 0 Å². The zero-order chi connectivity index (χ0) is 5.91. The average Bonchev–Trinajstić information content (AvgIpc) is 1.30. The van der Waals surface area contributed by atoms with Crippen LogP contribution in [-0.4, -0.2) is 16.4 Å². The first-order valence-electron chi connectivity index (χ1n) is 1.76. The monoisotopic (exact) mass is 214 g/mol. The van der Waals surface area contributed by atoms with Crippen molar-refractivity contribution in [2.45, 2.75) is 6.92 Å². The Hall–Kier alpha value is 1.11. The zero-order valence-corrected chi connectivity index (χ0v) is 8.03. The summed E-state index contributed by atoms with van der Waals surface area (Å²) in [6, 6.07) is 0. The van der Waals surface area contributed by atoms with Crippen molar-refractivity contribution in [2.75, 3.05) is 6.61 Å². The van der Waals surface area contributed by atoms with Gasteiger partial charge in [0.2, 0.25) is 0 Å². The van der Waals surface area contributed by atoms with E-state index >= 15 is 0 Å². The molecule has 3 nitrogen and oxygen atoms in total. The fraction of sp³-hybridized carbons (Fsp3) is 1.00. The van der Waals surface area contributed by atoms with E-state index in [1.807, 2.05) is 0 Å². The van der Waals surface area contributed by atoms with Crippen LogP contribution in [0.5, 0.6) is 0 Å². The molecule has 0 saturated heterocycles. The van der Waals surface area contributed by atoms with E-state index in [-0.39, 0.29) is 31.4 Å². The third kappa shape index (κ3) is 17.6. The quantitative estimate of drug-likeness (QED) is 0.676. The van der Waals surface area contributed by atoms with Crippen LogP contribution < -0.4 is 0 Å². The summed E-state index contributed by atoms with van der Waals surface area (Å²) in [5.74, 6) is 0. The first-order chi connectivity index (χ1) is 3.06. The second kappa shape index (κ2) is 7.22. The molecule has 0 heterocycles. The van der Waals surface area contributed by atoms with Crippen LogP contribution in [0.15, 0.2) is 0 Å². The minimum absolute atomic E-state index is 0. The Morgan fingerprint density at radius 2 is 1.78 bits per heavy atom. The van der Waals surface area contributed by atoms with Gasteiger partial charge in [-0.3, -0.25) is 0 Å². The molecule has 0 aromatic heterocycles. The summed E-state index contributed by atoms with van der Waals surface area (Å²) < 4.78 is 4.27. The molecule has 0 saturated carbocycles. The van der Waals surface area contributed by atoms with Crippen LogP contribution in [0.1, 0.15) is 6.92 Å². The van der Waals surface area contributed by atoms with Crippen molar-refractivity contribution in [1.29, 1.82) is 0 Å². The summed E-state index contributed by atoms with van der Waals surface area (Å²) in [7, 11) is 0. The first kappa shape index (κ1) is 16.6. The van der Waals surface area contributed by atoms with E-state index in [4.69, 9.17) is 9.79 Å². The maximum atomic E-state index is 8.28. The van der Waals surface area contributed by atoms with E-state index in [2.05, 4.69) is 16.3 Å². The second-order valence-electron chi connectivity index (χ2n) is 0.908. The average molecular weight is 215 g/mol. The van der Waals surface area contributed by atoms with Gasteiger partial charge < -0.3 is 14.3 Å². The van der Waals surface area contributed by atoms with E-state index in [1.165, 1.54) is 0 Å². The Morgan fingerprint density at radius 3 is 1.78 bits per heavy atom. The fourth-order valence-electron chi connectivity index (χ4n) is 0.168. The van der Waals surface area contributed by atoms with Crippen molar-refractivity contribution in [3.8, 4) is 0 Å². The zero-order valence-electron chi connectivity index (χ0n) is 4.68. The third-order valence-electron chi connectivity index (χ3n) is 0.297. The summed E-state index contributed by atoms with van der Waals surface area (Å²) in [6.45, 7) is -1.43. The van der Waals surface area contributed by atoms with E-state index in [1.54, 1.807) is 6.92 Å². The van der Waals surface area contributed by atoms with Crippen molar-refractivity contribution in [2.24, 2.45) is 0 Å². The molecule has 0 aliphatic carbocycles. The molecule has 0 radical (unpaired) electrons. The molecule has 0 aromatic rings. The minimum Gasteiger partial charge on any atom is -0.325 e. The third-order valence-corrected chi connectivity index (χ3v) is 1.21. The Kier molecular flexibility index (Phi) is 13.3. The summed E-state index contributed by atoms with van der Waals surface area (Å²) in [5, 5.41) is 0. The molecule has 0 spiro atoms. The van der Waals surface area contributed by atoms with E-state index in [0.29, 0.717) is 0 Å². The van der Waals surface area contributed by atoms with Crippen molar-refractivity contribution < 1.29 is 14.3 Å². The molecule has 0 aromatic carbocycles. The fourth-order valence-corrected chi connectivity index (χ4v) is 0.821. The lowest BCUT2D eigenvalue weighted by Crippen LogP contribution is -1.84. The van der Waals surface area contributed by atoms with Crippen LogP contribution in [0.2, 0.25) is 0 Å². The van der Waals surface area contributed by atoms with Gasteiger partial charge in [0.1, 0.15) is 0 Å². The van der Waals surface area contributed by atoms with Crippen molar-refractivity contribution in [3.63, 3.8) is 0 Å². The molecule has 0 bridgehead atoms. The smallest absolute Gasteiger partial charge is 0.321 e. The molecular formula is C2H9Cl2O3PS. The van der Waals surface area contributed by atoms with Gasteiger partial charge in [-0.2, -0.15) is 0 Å². The number of hydrogen-bond acceptors (Lipinski definition) is 2. The van der Waals surface area contributed by atoms with Crippen LogP contribution in [0.4, 0.5) is 0 Å². The lowest BCUT2D eigenvalue weighted by Gasteiger charge is -2.02. The van der Waals surface area contributed by atoms with Gasteiger partial charge in [-0.15, -0.1) is 24.8 Å². The van der Waals surface area contributed by atoms with Gasteiger partial charge in [0.25, 0.3) is 0 Å². The van der Waals surface area contributed by atoms with Crippen molar-refractivity contribution in [3.05, 3.63) is 0 Å². The largest absolute Gasteiger partial charge is 0.325 e. The Bertz CT molecular complexity index is 93.8. The highest BCUT2D eigenvalue weighted by molar-refractivity contribution is 8.06. The van der Waals surface area contributed by atoms with Gasteiger partial charge >= 0.3 is 6.72 Å². The predicted molar refractivity (Wildman–Crippen MR) is 44.8 cm³/mol. The maximum absolute atomic E-state index is 8.28. The number of rotatable bonds is 2. The summed E-state index contributed by atoms with van der Waals surface area (Å²) in [6.07, 6.45) is 0. The summed E-state index contributed by atoms with van der Waals surface area (Å²) >= 11 is 4.08. The predicted octanol–water partition coefficient (Wildman–Crippen LogP) is 1.08. The molecule has 60 valence electrons. The van der Waals surface area contributed by atoms with E-state index in [9.17, 15) is 0 Å². The lowest BCUT2D eigenvalue weighted by molar-refractivity contribution is 0.265. The van der Waals surface area contributed by atoms with Crippen molar-refractivity contribution >= 4 is 43.3 Å². The first-order valence-corrected chi connectivity index (χ1v) is 4.39. The van der Waals surface area contributed by atoms with Gasteiger partial charge in [-0.1, -0.05) is 0 Å². The normalized spacial score (nSPS) is 9.22. The molecule has 0 amide bonds. The van der Waals surface area contributed by atoms with Gasteiger partial charge in [-0.25, -0.2) is 0 Å². The van der Waals surface area contributed by atoms with Crippen LogP contribution in [-0.2, 0) is 16.3 Å². The maximum Gasteiger partial charge on any atom is 0.321 e. The van der Waals surface area contributed by atoms with Crippen LogP contribution >= 0.6 is 31.5 Å². The lowest BCUT2D eigenvalue weighted by atomic mass is 10.9. The molecule has 0 unspecified atom stereocenters. The Labute approximate surface area is 71.5 Å². The molecule has 7 heteroatoms. The van der Waals surface area contributed by atoms with Crippen LogP contribution in [0.25, 0.3) is 0 Å². The summed E-state index contributed by atoms with van der Waals surface area (Å²) in [4.78, 5) is 16.6. The van der Waals surface area contributed by atoms with Gasteiger partial charge in [-0.05, 0) is 18.7 Å². The molecule has 0 aliphatic heterocycles. The van der Waals surface area contributed by atoms with Crippen LogP contribution in [0.3, 0.4) is 0 Å². The van der Waals surface area contributed by atoms with Crippen molar-refractivity contribution in [1.82, 2.24) is 0 Å². The molecule has 2 N–H and O–H groups in total. The molecule has 0 aliphatic rings. The molecule has 0 fully saturated rings. The highest BCUT2D eigenvalue weighted by Gasteiger charge is 2.03. The second-order valence-corrected chi connectivity index (χ2v) is 3.57. The number of halogens is 2.